The molecule has 0 spiro atoms. The molecule has 15 nitrogen and oxygen atoms in total. The summed E-state index contributed by atoms with van der Waals surface area (Å²) in [4.78, 5) is 25.6. The highest BCUT2D eigenvalue weighted by Gasteiger charge is 2.27. The summed E-state index contributed by atoms with van der Waals surface area (Å²) in [6, 6.07) is 35.4. The second kappa shape index (κ2) is 21.0. The van der Waals surface area contributed by atoms with Gasteiger partial charge < -0.3 is 26.4 Å². The maximum absolute atomic E-state index is 13.4. The summed E-state index contributed by atoms with van der Waals surface area (Å²) >= 11 is 0. The maximum atomic E-state index is 13.4. The zero-order chi connectivity index (χ0) is 45.0. The van der Waals surface area contributed by atoms with E-state index >= 15 is 0 Å². The number of fused-ring (bicyclic) bond motifs is 4. The van der Waals surface area contributed by atoms with Crippen molar-refractivity contribution in [3.8, 4) is 0 Å². The van der Waals surface area contributed by atoms with Gasteiger partial charge in [0.05, 0.1) is 26.7 Å². The predicted octanol–water partition coefficient (Wildman–Crippen LogP) is 7.87. The number of halogens is 2. The number of carbonyl (C=O) groups is 2. The number of piperidine rings is 2. The smallest absolute Gasteiger partial charge is 0.306 e. The molecule has 8 aromatic rings. The van der Waals surface area contributed by atoms with Crippen molar-refractivity contribution in [1.29, 1.82) is 0 Å². The van der Waals surface area contributed by atoms with E-state index in [0.29, 0.717) is 44.0 Å². The molecule has 1 amide bonds. The zero-order valence-corrected chi connectivity index (χ0v) is 39.1. The molecule has 0 aliphatic carbocycles. The number of nitrogens with two attached hydrogens (primary N) is 1. The Morgan fingerprint density at radius 1 is 0.636 bits per heavy atom. The number of H-pyrrole nitrogens is 2. The van der Waals surface area contributed by atoms with E-state index in [2.05, 4.69) is 35.9 Å². The molecule has 4 heterocycles. The van der Waals surface area contributed by atoms with Crippen molar-refractivity contribution in [3.63, 3.8) is 0 Å². The zero-order valence-electron chi connectivity index (χ0n) is 35.8. The first-order chi connectivity index (χ1) is 30.8. The number of carboxylic acid groups (broad SMARTS) is 1. The lowest BCUT2D eigenvalue weighted by molar-refractivity contribution is -0.143. The SMILES string of the molecule is CN1CCC(C(=O)O)CC1.Cl.Cl.Nc1ccc2c(S(=O)(=O)c3cccc4ccccc34)[nH]nc2c1.O=C(Nc1ccc2c(S(=O)(=O)c3cccc4ccccc34)[nH]nc2c1)C1CCNCC1. The molecule has 0 bridgehead atoms. The van der Waals surface area contributed by atoms with Crippen molar-refractivity contribution >= 4 is 111 Å². The Hall–Kier alpha value is -6.08. The number of nitrogen functional groups attached to an aromatic ring is 1. The fraction of sp³-hybridized carbons (Fsp3) is 0.234. The van der Waals surface area contributed by atoms with Crippen LogP contribution >= 0.6 is 24.8 Å². The molecule has 346 valence electrons. The second-order valence-corrected chi connectivity index (χ2v) is 19.7. The van der Waals surface area contributed by atoms with Gasteiger partial charge >= 0.3 is 5.97 Å². The summed E-state index contributed by atoms with van der Waals surface area (Å²) in [6.45, 7) is 3.53. The van der Waals surface area contributed by atoms with Crippen molar-refractivity contribution < 1.29 is 31.5 Å². The number of carbonyl (C=O) groups excluding carboxylic acids is 1. The highest BCUT2D eigenvalue weighted by atomic mass is 35.5. The molecule has 0 saturated carbocycles. The van der Waals surface area contributed by atoms with Gasteiger partial charge in [-0.15, -0.1) is 24.8 Å². The molecular weight excluding hydrogens is 924 g/mol. The molecule has 2 saturated heterocycles. The lowest BCUT2D eigenvalue weighted by Crippen LogP contribution is -2.34. The van der Waals surface area contributed by atoms with Gasteiger partial charge in [0.25, 0.3) is 0 Å². The number of nitrogens with zero attached hydrogens (tertiary/aromatic N) is 3. The van der Waals surface area contributed by atoms with Gasteiger partial charge in [-0.25, -0.2) is 16.8 Å². The van der Waals surface area contributed by atoms with Crippen LogP contribution < -0.4 is 16.4 Å². The van der Waals surface area contributed by atoms with Crippen molar-refractivity contribution in [2.45, 2.75) is 45.5 Å². The van der Waals surface area contributed by atoms with E-state index < -0.39 is 25.6 Å². The van der Waals surface area contributed by atoms with E-state index in [1.165, 1.54) is 0 Å². The number of likely N-dealkylation sites (tertiary alicyclic amines) is 1. The molecule has 0 atom stereocenters. The average Bonchev–Trinajstić information content (AvgIpc) is 3.94. The number of nitrogens with one attached hydrogen (secondary N) is 4. The number of benzene rings is 6. The van der Waals surface area contributed by atoms with E-state index in [-0.39, 0.29) is 62.4 Å². The van der Waals surface area contributed by atoms with E-state index in [9.17, 15) is 26.4 Å². The summed E-state index contributed by atoms with van der Waals surface area (Å²) in [6.07, 6.45) is 3.24. The number of aromatic nitrogens is 4. The molecule has 2 aromatic heterocycles. The van der Waals surface area contributed by atoms with Crippen LogP contribution in [0.25, 0.3) is 43.4 Å². The Morgan fingerprint density at radius 3 is 1.65 bits per heavy atom. The number of aromatic amines is 2. The molecule has 0 unspecified atom stereocenters. The van der Waals surface area contributed by atoms with Crippen LogP contribution in [-0.4, -0.2) is 92.3 Å². The summed E-state index contributed by atoms with van der Waals surface area (Å²) in [7, 11) is -5.51. The molecule has 66 heavy (non-hydrogen) atoms. The number of sulfone groups is 2. The Morgan fingerprint density at radius 2 is 1.12 bits per heavy atom. The summed E-state index contributed by atoms with van der Waals surface area (Å²) < 4.78 is 53.1. The molecular formula is C47H50Cl2N8O7S2. The number of rotatable bonds is 7. The number of carboxylic acids is 1. The number of amides is 1. The minimum Gasteiger partial charge on any atom is -0.481 e. The molecule has 2 aliphatic rings. The van der Waals surface area contributed by atoms with E-state index in [1.807, 2.05) is 55.6 Å². The first-order valence-electron chi connectivity index (χ1n) is 20.9. The van der Waals surface area contributed by atoms with Crippen LogP contribution in [0.2, 0.25) is 0 Å². The van der Waals surface area contributed by atoms with E-state index in [0.717, 1.165) is 62.6 Å². The van der Waals surface area contributed by atoms with Crippen molar-refractivity contribution in [3.05, 3.63) is 121 Å². The van der Waals surface area contributed by atoms with Crippen LogP contribution in [0.1, 0.15) is 25.7 Å². The Bertz CT molecular complexity index is 3230. The summed E-state index contributed by atoms with van der Waals surface area (Å²) in [5.74, 6) is -0.747. The summed E-state index contributed by atoms with van der Waals surface area (Å²) in [5.41, 5.74) is 7.89. The second-order valence-electron chi connectivity index (χ2n) is 16.0. The molecule has 10 rings (SSSR count). The molecule has 7 N–H and O–H groups in total. The van der Waals surface area contributed by atoms with Gasteiger partial charge in [0.2, 0.25) is 25.6 Å². The predicted molar refractivity (Wildman–Crippen MR) is 262 cm³/mol. The lowest BCUT2D eigenvalue weighted by Gasteiger charge is -2.25. The standard InChI is InChI=1S/C23H22N4O3S.C17H13N3O2S.C7H13NO2.2ClH/c28-22(16-10-12-24-13-11-16)25-17-8-9-19-20(14-17)26-27-23(19)31(29,30)21-7-3-5-15-4-1-2-6-18(15)21;18-12-8-9-14-15(10-12)19-20-17(14)23(21,22)16-7-3-5-11-4-1-2-6-13(11)16;1-8-4-2-6(3-5-8)7(9)10;;/h1-9,14,16,24H,10-13H2,(H,25,28)(H,26,27);1-10H,18H2,(H,19,20);6H,2-5H2,1H3,(H,9,10);2*1H. The highest BCUT2D eigenvalue weighted by molar-refractivity contribution is 7.92. The Kier molecular flexibility index (Phi) is 15.7. The molecule has 0 radical (unpaired) electrons. The van der Waals surface area contributed by atoms with Gasteiger partial charge in [-0.1, -0.05) is 72.8 Å². The number of anilines is 2. The van der Waals surface area contributed by atoms with Crippen LogP contribution in [0.5, 0.6) is 0 Å². The largest absolute Gasteiger partial charge is 0.481 e. The van der Waals surface area contributed by atoms with Crippen molar-refractivity contribution in [2.24, 2.45) is 11.8 Å². The van der Waals surface area contributed by atoms with Gasteiger partial charge in [-0.3, -0.25) is 19.8 Å². The average molecular weight is 974 g/mol. The normalized spacial score (nSPS) is 14.9. The molecule has 2 aliphatic heterocycles. The number of aliphatic carboxylic acids is 1. The number of hydrogen-bond donors (Lipinski definition) is 6. The first kappa shape index (κ1) is 49.4. The van der Waals surface area contributed by atoms with E-state index in [1.54, 1.807) is 72.8 Å². The van der Waals surface area contributed by atoms with Gasteiger partial charge in [-0.2, -0.15) is 10.2 Å². The van der Waals surface area contributed by atoms with Crippen LogP contribution in [0, 0.1) is 11.8 Å². The quantitative estimate of drug-likeness (QED) is 0.0838. The number of hydrogen-bond acceptors (Lipinski definition) is 11. The maximum Gasteiger partial charge on any atom is 0.306 e. The highest BCUT2D eigenvalue weighted by Crippen LogP contribution is 2.33. The Balaban J connectivity index is 0.000000181. The van der Waals surface area contributed by atoms with Gasteiger partial charge in [0.1, 0.15) is 0 Å². The lowest BCUT2D eigenvalue weighted by atomic mass is 9.97. The van der Waals surface area contributed by atoms with Crippen molar-refractivity contribution in [2.75, 3.05) is 44.3 Å². The summed E-state index contributed by atoms with van der Waals surface area (Å²) in [5, 5.41) is 32.7. The third-order valence-electron chi connectivity index (χ3n) is 11.7. The fourth-order valence-electron chi connectivity index (χ4n) is 8.14. The fourth-order valence-corrected chi connectivity index (χ4v) is 11.3. The minimum absolute atomic E-state index is 0. The Labute approximate surface area is 394 Å². The van der Waals surface area contributed by atoms with Crippen LogP contribution in [0.3, 0.4) is 0 Å². The molecule has 19 heteroatoms. The third kappa shape index (κ3) is 10.5. The minimum atomic E-state index is -3.81. The van der Waals surface area contributed by atoms with Gasteiger partial charge in [0, 0.05) is 38.8 Å². The molecule has 6 aromatic carbocycles. The monoisotopic (exact) mass is 972 g/mol. The van der Waals surface area contributed by atoms with E-state index in [4.69, 9.17) is 10.8 Å². The van der Waals surface area contributed by atoms with Crippen LogP contribution in [0.15, 0.2) is 141 Å². The van der Waals surface area contributed by atoms with Gasteiger partial charge in [0.15, 0.2) is 10.1 Å². The van der Waals surface area contributed by atoms with Gasteiger partial charge in [-0.05, 0) is 118 Å². The van der Waals surface area contributed by atoms with Crippen molar-refractivity contribution in [1.82, 2.24) is 30.6 Å². The van der Waals surface area contributed by atoms with Crippen LogP contribution in [-0.2, 0) is 29.3 Å². The molecule has 2 fully saturated rings. The topological polar surface area (TPSA) is 233 Å². The first-order valence-corrected chi connectivity index (χ1v) is 23.9. The van der Waals surface area contributed by atoms with Crippen LogP contribution in [0.4, 0.5) is 11.4 Å². The third-order valence-corrected chi connectivity index (χ3v) is 15.3.